The maximum atomic E-state index is 11.0. The lowest BCUT2D eigenvalue weighted by Crippen LogP contribution is -2.02. The summed E-state index contributed by atoms with van der Waals surface area (Å²) in [4.78, 5) is 25.1. The molecule has 0 saturated heterocycles. The maximum Gasteiger partial charge on any atom is 0.328 e. The average Bonchev–Trinajstić information content (AvgIpc) is 2.53. The smallest absolute Gasteiger partial charge is 0.328 e. The first-order valence-electron chi connectivity index (χ1n) is 7.03. The number of non-ortho nitro benzene ring substituents is 1. The van der Waals surface area contributed by atoms with Gasteiger partial charge in [-0.25, -0.2) is 9.78 Å². The van der Waals surface area contributed by atoms with Crippen LogP contribution in [0, 0.1) is 10.1 Å². The molecule has 2 aromatic rings. The lowest BCUT2D eigenvalue weighted by molar-refractivity contribution is -0.384. The summed E-state index contributed by atoms with van der Waals surface area (Å²) in [6.45, 7) is 1.79. The molecule has 8 nitrogen and oxygen atoms in total. The van der Waals surface area contributed by atoms with Crippen LogP contribution in [0.4, 0.5) is 11.5 Å². The molecule has 0 aliphatic heterocycles. The zero-order valence-corrected chi connectivity index (χ0v) is 12.8. The summed E-state index contributed by atoms with van der Waals surface area (Å²) < 4.78 is 5.71. The molecule has 124 valence electrons. The molecule has 1 heterocycles. The Morgan fingerprint density at radius 1 is 1.38 bits per heavy atom. The van der Waals surface area contributed by atoms with Gasteiger partial charge < -0.3 is 15.6 Å². The van der Waals surface area contributed by atoms with Gasteiger partial charge in [0.1, 0.15) is 17.3 Å². The fraction of sp³-hybridized carbons (Fsp3) is 0.125. The van der Waals surface area contributed by atoms with Crippen LogP contribution >= 0.6 is 0 Å². The predicted molar refractivity (Wildman–Crippen MR) is 87.7 cm³/mol. The summed E-state index contributed by atoms with van der Waals surface area (Å²) in [7, 11) is 0. The Balaban J connectivity index is 2.42. The SMILES string of the molecule is CC/C(=C\C(=O)O)c1c(Oc2ccc([N+](=O)[O-])cc2)ccnc1N. The predicted octanol–water partition coefficient (Wildman–Crippen LogP) is 3.24. The fourth-order valence-electron chi connectivity index (χ4n) is 2.13. The fourth-order valence-corrected chi connectivity index (χ4v) is 2.13. The molecule has 3 N–H and O–H groups in total. The number of hydrogen-bond acceptors (Lipinski definition) is 6. The Morgan fingerprint density at radius 3 is 2.58 bits per heavy atom. The first kappa shape index (κ1) is 16.9. The lowest BCUT2D eigenvalue weighted by atomic mass is 10.0. The van der Waals surface area contributed by atoms with Crippen LogP contribution in [-0.2, 0) is 4.79 Å². The quantitative estimate of drug-likeness (QED) is 0.473. The van der Waals surface area contributed by atoms with Crippen molar-refractivity contribution in [2.45, 2.75) is 13.3 Å². The molecule has 0 atom stereocenters. The summed E-state index contributed by atoms with van der Waals surface area (Å²) in [6, 6.07) is 7.08. The van der Waals surface area contributed by atoms with Crippen molar-refractivity contribution in [2.24, 2.45) is 0 Å². The second kappa shape index (κ2) is 7.23. The minimum atomic E-state index is -1.10. The molecule has 0 amide bonds. The monoisotopic (exact) mass is 329 g/mol. The van der Waals surface area contributed by atoms with Crippen LogP contribution in [0.15, 0.2) is 42.6 Å². The van der Waals surface area contributed by atoms with Gasteiger partial charge in [0.15, 0.2) is 0 Å². The van der Waals surface area contributed by atoms with E-state index in [1.165, 1.54) is 30.5 Å². The van der Waals surface area contributed by atoms with Crippen molar-refractivity contribution in [2.75, 3.05) is 5.73 Å². The largest absolute Gasteiger partial charge is 0.478 e. The van der Waals surface area contributed by atoms with Crippen molar-refractivity contribution in [1.29, 1.82) is 0 Å². The van der Waals surface area contributed by atoms with Crippen molar-refractivity contribution in [1.82, 2.24) is 4.98 Å². The molecule has 0 spiro atoms. The van der Waals surface area contributed by atoms with Gasteiger partial charge in [0, 0.05) is 24.4 Å². The van der Waals surface area contributed by atoms with Crippen molar-refractivity contribution in [3.05, 3.63) is 58.3 Å². The van der Waals surface area contributed by atoms with E-state index < -0.39 is 10.9 Å². The topological polar surface area (TPSA) is 129 Å². The molecule has 0 bridgehead atoms. The Bertz CT molecular complexity index is 800. The molecule has 0 unspecified atom stereocenters. The number of ether oxygens (including phenoxy) is 1. The minimum Gasteiger partial charge on any atom is -0.478 e. The number of rotatable bonds is 6. The van der Waals surface area contributed by atoms with Crippen LogP contribution in [0.1, 0.15) is 18.9 Å². The second-order valence-electron chi connectivity index (χ2n) is 4.78. The van der Waals surface area contributed by atoms with Gasteiger partial charge in [-0.05, 0) is 30.2 Å². The first-order chi connectivity index (χ1) is 11.4. The number of carboxylic acid groups (broad SMARTS) is 1. The summed E-state index contributed by atoms with van der Waals surface area (Å²) in [5, 5.41) is 19.7. The Morgan fingerprint density at radius 2 is 2.04 bits per heavy atom. The molecule has 1 aromatic carbocycles. The third-order valence-corrected chi connectivity index (χ3v) is 3.22. The minimum absolute atomic E-state index is 0.0585. The van der Waals surface area contributed by atoms with Crippen LogP contribution < -0.4 is 10.5 Å². The summed E-state index contributed by atoms with van der Waals surface area (Å²) in [5.41, 5.74) is 6.67. The molecule has 2 rings (SSSR count). The van der Waals surface area contributed by atoms with Gasteiger partial charge in [-0.15, -0.1) is 0 Å². The van der Waals surface area contributed by atoms with Gasteiger partial charge in [0.25, 0.3) is 5.69 Å². The first-order valence-corrected chi connectivity index (χ1v) is 7.03. The van der Waals surface area contributed by atoms with E-state index in [1.807, 2.05) is 0 Å². The van der Waals surface area contributed by atoms with Gasteiger partial charge in [-0.1, -0.05) is 6.92 Å². The summed E-state index contributed by atoms with van der Waals surface area (Å²) >= 11 is 0. The Hall–Kier alpha value is -3.42. The molecular formula is C16H15N3O5. The average molecular weight is 329 g/mol. The number of nitrogen functional groups attached to an aromatic ring is 1. The van der Waals surface area contributed by atoms with Crippen molar-refractivity contribution < 1.29 is 19.6 Å². The van der Waals surface area contributed by atoms with Crippen LogP contribution in [0.3, 0.4) is 0 Å². The van der Waals surface area contributed by atoms with Gasteiger partial charge in [0.05, 0.1) is 10.5 Å². The Labute approximate surface area is 137 Å². The number of nitrogens with two attached hydrogens (primary N) is 1. The number of carbonyl (C=O) groups is 1. The highest BCUT2D eigenvalue weighted by molar-refractivity contribution is 5.92. The molecule has 24 heavy (non-hydrogen) atoms. The van der Waals surface area contributed by atoms with E-state index in [4.69, 9.17) is 15.6 Å². The van der Waals surface area contributed by atoms with Crippen LogP contribution in [0.2, 0.25) is 0 Å². The number of benzene rings is 1. The molecule has 8 heteroatoms. The zero-order chi connectivity index (χ0) is 17.7. The molecule has 0 aliphatic rings. The third-order valence-electron chi connectivity index (χ3n) is 3.22. The van der Waals surface area contributed by atoms with E-state index in [1.54, 1.807) is 13.0 Å². The number of nitro groups is 1. The van der Waals surface area contributed by atoms with Gasteiger partial charge in [-0.3, -0.25) is 10.1 Å². The summed E-state index contributed by atoms with van der Waals surface area (Å²) in [5.74, 6) is -0.274. The third kappa shape index (κ3) is 3.86. The number of aromatic nitrogens is 1. The normalized spacial score (nSPS) is 11.1. The molecule has 0 radical (unpaired) electrons. The maximum absolute atomic E-state index is 11.0. The van der Waals surface area contributed by atoms with E-state index in [0.717, 1.165) is 6.08 Å². The van der Waals surface area contributed by atoms with Crippen LogP contribution in [-0.4, -0.2) is 21.0 Å². The molecule has 0 aliphatic carbocycles. The van der Waals surface area contributed by atoms with E-state index in [2.05, 4.69) is 4.98 Å². The number of carboxylic acids is 1. The highest BCUT2D eigenvalue weighted by Crippen LogP contribution is 2.35. The van der Waals surface area contributed by atoms with Crippen molar-refractivity contribution in [3.63, 3.8) is 0 Å². The van der Waals surface area contributed by atoms with Crippen LogP contribution in [0.5, 0.6) is 11.5 Å². The molecule has 1 aromatic heterocycles. The second-order valence-corrected chi connectivity index (χ2v) is 4.78. The number of nitro benzene ring substituents is 1. The van der Waals surface area contributed by atoms with Gasteiger partial charge in [-0.2, -0.15) is 0 Å². The number of hydrogen-bond donors (Lipinski definition) is 2. The zero-order valence-electron chi connectivity index (χ0n) is 12.8. The van der Waals surface area contributed by atoms with Gasteiger partial charge >= 0.3 is 5.97 Å². The molecule has 0 saturated carbocycles. The lowest BCUT2D eigenvalue weighted by Gasteiger charge is -2.14. The van der Waals surface area contributed by atoms with Crippen molar-refractivity contribution in [3.8, 4) is 11.5 Å². The Kier molecular flexibility index (Phi) is 5.10. The van der Waals surface area contributed by atoms with Crippen molar-refractivity contribution >= 4 is 23.0 Å². The van der Waals surface area contributed by atoms with E-state index >= 15 is 0 Å². The number of pyridine rings is 1. The molecule has 0 fully saturated rings. The molecular weight excluding hydrogens is 314 g/mol. The number of anilines is 1. The van der Waals surface area contributed by atoms with E-state index in [0.29, 0.717) is 29.1 Å². The highest BCUT2D eigenvalue weighted by atomic mass is 16.6. The standard InChI is InChI=1S/C16H15N3O5/c1-2-10(9-14(20)21)15-13(7-8-18-16(15)17)24-12-5-3-11(4-6-12)19(22)23/h3-9H,2H2,1H3,(H2,17,18)(H,20,21)/b10-9+. The van der Waals surface area contributed by atoms with Crippen LogP contribution in [0.25, 0.3) is 5.57 Å². The van der Waals surface area contributed by atoms with E-state index in [-0.39, 0.29) is 11.5 Å². The number of aliphatic carboxylic acids is 1. The number of nitrogens with zero attached hydrogens (tertiary/aromatic N) is 2. The van der Waals surface area contributed by atoms with E-state index in [9.17, 15) is 14.9 Å². The number of allylic oxidation sites excluding steroid dienone is 1. The summed E-state index contributed by atoms with van der Waals surface area (Å²) in [6.07, 6.45) is 2.91. The highest BCUT2D eigenvalue weighted by Gasteiger charge is 2.15. The van der Waals surface area contributed by atoms with Gasteiger partial charge in [0.2, 0.25) is 0 Å².